The third-order valence-corrected chi connectivity index (χ3v) is 5.31. The maximum absolute atomic E-state index is 12.7. The van der Waals surface area contributed by atoms with Crippen molar-refractivity contribution in [3.63, 3.8) is 0 Å². The van der Waals surface area contributed by atoms with Gasteiger partial charge in [-0.15, -0.1) is 0 Å². The van der Waals surface area contributed by atoms with Crippen LogP contribution in [0.2, 0.25) is 0 Å². The van der Waals surface area contributed by atoms with Gasteiger partial charge in [0.25, 0.3) is 11.8 Å². The van der Waals surface area contributed by atoms with E-state index in [1.54, 1.807) is 11.9 Å². The summed E-state index contributed by atoms with van der Waals surface area (Å²) >= 11 is 1.28. The van der Waals surface area contributed by atoms with Crippen LogP contribution in [-0.2, 0) is 9.59 Å². The molecule has 2 heterocycles. The topological polar surface area (TPSA) is 49.7 Å². The summed E-state index contributed by atoms with van der Waals surface area (Å²) in [6.07, 6.45) is 0. The first kappa shape index (κ1) is 14.9. The molecule has 0 aromatic heterocycles. The molecule has 2 amide bonds. The van der Waals surface area contributed by atoms with Crippen LogP contribution < -0.4 is 4.90 Å². The summed E-state index contributed by atoms with van der Waals surface area (Å²) in [7, 11) is 1.74. The molecule has 0 aliphatic carbocycles. The number of carbonyl (C=O) groups excluding carboxylic acids is 2. The Bertz CT molecular complexity index is 945. The molecule has 0 saturated heterocycles. The Morgan fingerprint density at radius 3 is 2.50 bits per heavy atom. The van der Waals surface area contributed by atoms with Gasteiger partial charge < -0.3 is 4.90 Å². The normalized spacial score (nSPS) is 19.8. The minimum atomic E-state index is -0.343. The summed E-state index contributed by atoms with van der Waals surface area (Å²) in [5, 5.41) is 0.639. The molecule has 0 unspecified atom stereocenters. The first-order valence-corrected chi connectivity index (χ1v) is 8.38. The average molecular weight is 334 g/mol. The molecule has 24 heavy (non-hydrogen) atoms. The minimum absolute atomic E-state index is 0.153. The Labute approximate surface area is 143 Å². The second-order valence-corrected chi connectivity index (χ2v) is 6.73. The van der Waals surface area contributed by atoms with Gasteiger partial charge in [0.05, 0.1) is 16.2 Å². The van der Waals surface area contributed by atoms with Crippen LogP contribution in [0.4, 0.5) is 5.69 Å². The van der Waals surface area contributed by atoms with Crippen molar-refractivity contribution < 1.29 is 9.59 Å². The quantitative estimate of drug-likeness (QED) is 0.751. The van der Waals surface area contributed by atoms with Gasteiger partial charge in [0, 0.05) is 18.2 Å². The predicted octanol–water partition coefficient (Wildman–Crippen LogP) is 3.40. The molecule has 0 atom stereocenters. The number of para-hydroxylation sites is 1. The van der Waals surface area contributed by atoms with Gasteiger partial charge in [-0.05, 0) is 12.5 Å². The molecule has 2 aliphatic rings. The fraction of sp³-hybridized carbons (Fsp3) is 0.105. The van der Waals surface area contributed by atoms with Crippen molar-refractivity contribution in [2.45, 2.75) is 6.92 Å². The number of carbonyl (C=O) groups is 2. The van der Waals surface area contributed by atoms with E-state index in [0.717, 1.165) is 22.4 Å². The molecule has 0 saturated carbocycles. The fourth-order valence-electron chi connectivity index (χ4n) is 3.08. The number of aliphatic imine (C=N–C) groups is 1. The third kappa shape index (κ3) is 2.12. The zero-order valence-corrected chi connectivity index (χ0v) is 14.1. The van der Waals surface area contributed by atoms with Crippen LogP contribution in [0, 0.1) is 6.92 Å². The van der Waals surface area contributed by atoms with Crippen LogP contribution in [0.1, 0.15) is 16.7 Å². The van der Waals surface area contributed by atoms with Crippen LogP contribution in [0.3, 0.4) is 0 Å². The predicted molar refractivity (Wildman–Crippen MR) is 97.1 cm³/mol. The van der Waals surface area contributed by atoms with E-state index in [-0.39, 0.29) is 11.8 Å². The molecule has 0 fully saturated rings. The van der Waals surface area contributed by atoms with E-state index >= 15 is 0 Å². The molecule has 4 rings (SSSR count). The second-order valence-electron chi connectivity index (χ2n) is 5.73. The van der Waals surface area contributed by atoms with E-state index < -0.39 is 0 Å². The first-order chi connectivity index (χ1) is 11.6. The summed E-state index contributed by atoms with van der Waals surface area (Å²) in [6, 6.07) is 15.3. The number of amides is 2. The standard InChI is InChI=1S/C19H14N2O2S/c1-11-7-6-10-13-14(19(23)21(2)15(11)13)16-17(22)20-18(24-16)12-8-4-3-5-9-12/h3-10H,1-2H3/b16-14-. The lowest BCUT2D eigenvalue weighted by Crippen LogP contribution is -2.21. The summed E-state index contributed by atoms with van der Waals surface area (Å²) in [5.41, 5.74) is 4.03. The molecule has 2 aromatic carbocycles. The Kier molecular flexibility index (Phi) is 3.39. The maximum atomic E-state index is 12.7. The molecule has 0 bridgehead atoms. The molecular weight excluding hydrogens is 320 g/mol. The Hall–Kier alpha value is -2.66. The van der Waals surface area contributed by atoms with E-state index in [1.807, 2.05) is 55.5 Å². The Morgan fingerprint density at radius 2 is 1.75 bits per heavy atom. The smallest absolute Gasteiger partial charge is 0.285 e. The number of benzene rings is 2. The maximum Gasteiger partial charge on any atom is 0.285 e. The SMILES string of the molecule is Cc1cccc2c1N(C)C(=O)/C2=C1\SC(c2ccccc2)=NC1=O. The van der Waals surface area contributed by atoms with Crippen LogP contribution in [0.15, 0.2) is 58.4 Å². The van der Waals surface area contributed by atoms with Crippen molar-refractivity contribution in [2.24, 2.45) is 4.99 Å². The second kappa shape index (κ2) is 5.46. The van der Waals surface area contributed by atoms with Gasteiger partial charge in [-0.25, -0.2) is 4.99 Å². The van der Waals surface area contributed by atoms with Gasteiger partial charge >= 0.3 is 0 Å². The number of anilines is 1. The van der Waals surface area contributed by atoms with Crippen LogP contribution in [0.25, 0.3) is 5.57 Å². The van der Waals surface area contributed by atoms with Crippen molar-refractivity contribution in [3.05, 3.63) is 70.1 Å². The first-order valence-electron chi connectivity index (χ1n) is 7.56. The summed E-state index contributed by atoms with van der Waals surface area (Å²) < 4.78 is 0. The average Bonchev–Trinajstić information content (AvgIpc) is 3.08. The molecule has 0 spiro atoms. The molecule has 4 nitrogen and oxygen atoms in total. The number of hydrogen-bond donors (Lipinski definition) is 0. The van der Waals surface area contributed by atoms with Gasteiger partial charge in [0.2, 0.25) is 0 Å². The lowest BCUT2D eigenvalue weighted by molar-refractivity contribution is -0.115. The van der Waals surface area contributed by atoms with E-state index in [2.05, 4.69) is 4.99 Å². The van der Waals surface area contributed by atoms with Crippen LogP contribution >= 0.6 is 11.8 Å². The number of hydrogen-bond acceptors (Lipinski definition) is 3. The van der Waals surface area contributed by atoms with Gasteiger partial charge in [0.1, 0.15) is 5.04 Å². The number of fused-ring (bicyclic) bond motifs is 1. The number of likely N-dealkylation sites (N-methyl/N-ethyl adjacent to an activating group) is 1. The number of nitrogens with zero attached hydrogens (tertiary/aromatic N) is 2. The van der Waals surface area contributed by atoms with Gasteiger partial charge in [-0.1, -0.05) is 60.3 Å². The summed E-state index contributed by atoms with van der Waals surface area (Å²) in [5.74, 6) is -0.496. The van der Waals surface area contributed by atoms with Crippen molar-refractivity contribution in [1.82, 2.24) is 0 Å². The zero-order valence-electron chi connectivity index (χ0n) is 13.2. The Balaban J connectivity index is 1.84. The highest BCUT2D eigenvalue weighted by atomic mass is 32.2. The van der Waals surface area contributed by atoms with E-state index in [1.165, 1.54) is 11.8 Å². The monoisotopic (exact) mass is 334 g/mol. The zero-order chi connectivity index (χ0) is 16.8. The Morgan fingerprint density at radius 1 is 1.00 bits per heavy atom. The molecule has 118 valence electrons. The van der Waals surface area contributed by atoms with E-state index in [4.69, 9.17) is 0 Å². The molecule has 2 aromatic rings. The molecule has 0 N–H and O–H groups in total. The highest BCUT2D eigenvalue weighted by Gasteiger charge is 2.37. The molecule has 2 aliphatic heterocycles. The minimum Gasteiger partial charge on any atom is -0.310 e. The van der Waals surface area contributed by atoms with E-state index in [0.29, 0.717) is 15.5 Å². The van der Waals surface area contributed by atoms with Gasteiger partial charge in [-0.3, -0.25) is 9.59 Å². The van der Waals surface area contributed by atoms with Crippen molar-refractivity contribution >= 4 is 39.9 Å². The molecule has 5 heteroatoms. The van der Waals surface area contributed by atoms with Crippen LogP contribution in [-0.4, -0.2) is 23.9 Å². The number of thioether (sulfide) groups is 1. The lowest BCUT2D eigenvalue weighted by atomic mass is 10.0. The van der Waals surface area contributed by atoms with Crippen molar-refractivity contribution in [1.29, 1.82) is 0 Å². The largest absolute Gasteiger partial charge is 0.310 e. The van der Waals surface area contributed by atoms with Crippen LogP contribution in [0.5, 0.6) is 0 Å². The fourth-order valence-corrected chi connectivity index (χ4v) is 4.09. The van der Waals surface area contributed by atoms with Gasteiger partial charge in [0.15, 0.2) is 0 Å². The van der Waals surface area contributed by atoms with Crippen molar-refractivity contribution in [2.75, 3.05) is 11.9 Å². The summed E-state index contributed by atoms with van der Waals surface area (Å²) in [6.45, 7) is 1.96. The molecule has 0 radical (unpaired) electrons. The number of aryl methyl sites for hydroxylation is 1. The highest BCUT2D eigenvalue weighted by molar-refractivity contribution is 8.19. The molecular formula is C19H14N2O2S. The van der Waals surface area contributed by atoms with Gasteiger partial charge in [-0.2, -0.15) is 0 Å². The van der Waals surface area contributed by atoms with Crippen molar-refractivity contribution in [3.8, 4) is 0 Å². The summed E-state index contributed by atoms with van der Waals surface area (Å²) in [4.78, 5) is 31.4. The highest BCUT2D eigenvalue weighted by Crippen LogP contribution is 2.44. The van der Waals surface area contributed by atoms with E-state index in [9.17, 15) is 9.59 Å². The lowest BCUT2D eigenvalue weighted by Gasteiger charge is -2.11. The third-order valence-electron chi connectivity index (χ3n) is 4.20. The number of rotatable bonds is 1.